The van der Waals surface area contributed by atoms with Crippen LogP contribution in [0, 0.1) is 0 Å². The summed E-state index contributed by atoms with van der Waals surface area (Å²) in [5.74, 6) is 0. The average Bonchev–Trinajstić information content (AvgIpc) is 2.67. The summed E-state index contributed by atoms with van der Waals surface area (Å²) in [5.41, 5.74) is 1.01. The molecular formula is C25H58N2O3Si3. The minimum absolute atomic E-state index is 0.0469. The Kier molecular flexibility index (Phi) is 12.0. The van der Waals surface area contributed by atoms with Gasteiger partial charge in [0.2, 0.25) is 8.32 Å². The largest absolute Gasteiger partial charge is 0.414 e. The van der Waals surface area contributed by atoms with Crippen LogP contribution in [0.1, 0.15) is 53.4 Å². The van der Waals surface area contributed by atoms with Gasteiger partial charge in [-0.3, -0.25) is 0 Å². The molecule has 5 unspecified atom stereocenters. The third kappa shape index (κ3) is 8.51. The molecule has 1 saturated heterocycles. The fourth-order valence-corrected chi connectivity index (χ4v) is 16.4. The van der Waals surface area contributed by atoms with E-state index in [1.54, 1.807) is 0 Å². The molecule has 1 heterocycles. The molecule has 1 rings (SSSR count). The standard InChI is InChI=1S/C25H58N2O3Si3/c1-13-24(21-28)27(7)17-15-18-31(8,9)23(3)29-33(12)22(2)20-25(33,4)30-32(10,11)19-14-16-26(5)6/h22-24,28H,13-21H2,1-12H3. The minimum atomic E-state index is -1.99. The Morgan fingerprint density at radius 3 is 2.15 bits per heavy atom. The third-order valence-electron chi connectivity index (χ3n) is 8.73. The first-order chi connectivity index (χ1) is 15.0. The van der Waals surface area contributed by atoms with E-state index in [2.05, 4.69) is 91.4 Å². The maximum absolute atomic E-state index is 9.57. The summed E-state index contributed by atoms with van der Waals surface area (Å²) in [6.45, 7) is 24.0. The van der Waals surface area contributed by atoms with Crippen molar-refractivity contribution in [1.82, 2.24) is 9.80 Å². The molecule has 33 heavy (non-hydrogen) atoms. The van der Waals surface area contributed by atoms with Crippen molar-refractivity contribution in [3.63, 3.8) is 0 Å². The maximum atomic E-state index is 9.57. The molecule has 0 aromatic heterocycles. The van der Waals surface area contributed by atoms with Crippen molar-refractivity contribution in [2.24, 2.45) is 0 Å². The number of aliphatic hydroxyl groups is 1. The normalized spacial score (nSPS) is 28.3. The summed E-state index contributed by atoms with van der Waals surface area (Å²) in [5, 5.41) is 9.53. The Balaban J connectivity index is 2.73. The van der Waals surface area contributed by atoms with E-state index >= 15 is 0 Å². The van der Waals surface area contributed by atoms with Crippen molar-refractivity contribution < 1.29 is 14.0 Å². The number of hydrogen-bond acceptors (Lipinski definition) is 5. The van der Waals surface area contributed by atoms with Crippen LogP contribution in [0.15, 0.2) is 0 Å². The van der Waals surface area contributed by atoms with Crippen LogP contribution in [-0.4, -0.2) is 97.4 Å². The lowest BCUT2D eigenvalue weighted by molar-refractivity contribution is 0.0592. The Morgan fingerprint density at radius 2 is 1.67 bits per heavy atom. The molecule has 1 fully saturated rings. The molecule has 5 atom stereocenters. The lowest BCUT2D eigenvalue weighted by atomic mass is 10.2. The lowest BCUT2D eigenvalue weighted by Crippen LogP contribution is -2.73. The van der Waals surface area contributed by atoms with Crippen LogP contribution >= 0.6 is 0 Å². The van der Waals surface area contributed by atoms with Crippen molar-refractivity contribution in [3.8, 4) is 0 Å². The third-order valence-corrected chi connectivity index (χ3v) is 21.0. The summed E-state index contributed by atoms with van der Waals surface area (Å²) in [7, 11) is 1.20. The number of nitrogens with zero attached hydrogens (tertiary/aromatic N) is 2. The molecule has 0 aromatic rings. The average molecular weight is 519 g/mol. The molecule has 0 aliphatic carbocycles. The molecular weight excluding hydrogens is 461 g/mol. The molecule has 0 radical (unpaired) electrons. The highest BCUT2D eigenvalue weighted by Crippen LogP contribution is 2.54. The van der Waals surface area contributed by atoms with Gasteiger partial charge in [-0.05, 0) is 105 Å². The number of hydrogen-bond donors (Lipinski definition) is 1. The number of rotatable bonds is 16. The summed E-state index contributed by atoms with van der Waals surface area (Å²) in [6, 6.07) is 2.77. The summed E-state index contributed by atoms with van der Waals surface area (Å²) >= 11 is 0. The van der Waals surface area contributed by atoms with Crippen LogP contribution in [0.4, 0.5) is 0 Å². The van der Waals surface area contributed by atoms with Gasteiger partial charge in [0.05, 0.1) is 19.9 Å². The second-order valence-corrected chi connectivity index (χ2v) is 26.8. The predicted octanol–water partition coefficient (Wildman–Crippen LogP) is 5.57. The number of aliphatic hydroxyl groups excluding tert-OH is 1. The second kappa shape index (κ2) is 12.6. The van der Waals surface area contributed by atoms with Crippen molar-refractivity contribution in [2.45, 2.75) is 121 Å². The van der Waals surface area contributed by atoms with Gasteiger partial charge in [0.1, 0.15) is 0 Å². The topological polar surface area (TPSA) is 45.2 Å². The van der Waals surface area contributed by atoms with E-state index in [1.165, 1.54) is 24.9 Å². The second-order valence-electron chi connectivity index (χ2n) is 12.8. The molecule has 0 bridgehead atoms. The zero-order chi connectivity index (χ0) is 25.7. The van der Waals surface area contributed by atoms with Crippen LogP contribution in [0.2, 0.25) is 50.4 Å². The quantitative estimate of drug-likeness (QED) is 0.271. The first-order valence-corrected chi connectivity index (χ1v) is 22.3. The molecule has 1 aliphatic rings. The lowest BCUT2D eigenvalue weighted by Gasteiger charge is -2.61. The molecule has 0 aromatic carbocycles. The fraction of sp³-hybridized carbons (Fsp3) is 1.00. The van der Waals surface area contributed by atoms with Crippen LogP contribution < -0.4 is 0 Å². The zero-order valence-electron chi connectivity index (χ0n) is 24.3. The Bertz CT molecular complexity index is 589. The van der Waals surface area contributed by atoms with Crippen molar-refractivity contribution >= 4 is 24.7 Å². The summed E-state index contributed by atoms with van der Waals surface area (Å²) in [4.78, 5) is 4.60. The van der Waals surface area contributed by atoms with E-state index in [0.717, 1.165) is 25.9 Å². The fourth-order valence-electron chi connectivity index (χ4n) is 5.51. The Labute approximate surface area is 209 Å². The SMILES string of the molecule is CCC(CO)N(C)CCC[Si](C)(C)C(C)O[Si]1(C)C(C)CC1(C)O[Si](C)(C)CCCN(C)C. The van der Waals surface area contributed by atoms with Crippen molar-refractivity contribution in [3.05, 3.63) is 0 Å². The predicted molar refractivity (Wildman–Crippen MR) is 152 cm³/mol. The Morgan fingerprint density at radius 1 is 1.09 bits per heavy atom. The molecule has 0 spiro atoms. The van der Waals surface area contributed by atoms with Gasteiger partial charge in [-0.1, -0.05) is 33.0 Å². The highest BCUT2D eigenvalue weighted by atomic mass is 28.4. The van der Waals surface area contributed by atoms with Crippen molar-refractivity contribution in [2.75, 3.05) is 40.8 Å². The van der Waals surface area contributed by atoms with Gasteiger partial charge in [-0.25, -0.2) is 0 Å². The Hall–Kier alpha value is 0.451. The van der Waals surface area contributed by atoms with Gasteiger partial charge in [0.15, 0.2) is 8.32 Å². The van der Waals surface area contributed by atoms with Crippen LogP contribution in [0.25, 0.3) is 0 Å². The van der Waals surface area contributed by atoms with E-state index < -0.39 is 24.7 Å². The molecule has 8 heteroatoms. The van der Waals surface area contributed by atoms with E-state index in [0.29, 0.717) is 11.3 Å². The molecule has 1 aliphatic heterocycles. The van der Waals surface area contributed by atoms with E-state index in [9.17, 15) is 5.11 Å². The minimum Gasteiger partial charge on any atom is -0.414 e. The van der Waals surface area contributed by atoms with Crippen LogP contribution in [0.3, 0.4) is 0 Å². The van der Waals surface area contributed by atoms with Gasteiger partial charge in [-0.2, -0.15) is 0 Å². The van der Waals surface area contributed by atoms with Crippen LogP contribution in [-0.2, 0) is 8.85 Å². The van der Waals surface area contributed by atoms with Gasteiger partial charge in [0.25, 0.3) is 0 Å². The molecule has 198 valence electrons. The van der Waals surface area contributed by atoms with Gasteiger partial charge < -0.3 is 23.8 Å². The van der Waals surface area contributed by atoms with Gasteiger partial charge in [0, 0.05) is 11.8 Å². The smallest absolute Gasteiger partial charge is 0.222 e. The van der Waals surface area contributed by atoms with Gasteiger partial charge >= 0.3 is 0 Å². The van der Waals surface area contributed by atoms with E-state index in [4.69, 9.17) is 8.85 Å². The van der Waals surface area contributed by atoms with E-state index in [-0.39, 0.29) is 17.9 Å². The molecule has 5 nitrogen and oxygen atoms in total. The molecule has 0 saturated carbocycles. The maximum Gasteiger partial charge on any atom is 0.222 e. The van der Waals surface area contributed by atoms with Gasteiger partial charge in [-0.15, -0.1) is 0 Å². The number of likely N-dealkylation sites (N-methyl/N-ethyl adjacent to an activating group) is 1. The first-order valence-electron chi connectivity index (χ1n) is 13.4. The van der Waals surface area contributed by atoms with E-state index in [1.807, 2.05) is 0 Å². The summed E-state index contributed by atoms with van der Waals surface area (Å²) < 4.78 is 14.2. The van der Waals surface area contributed by atoms with Crippen molar-refractivity contribution in [1.29, 1.82) is 0 Å². The summed E-state index contributed by atoms with van der Waals surface area (Å²) in [6.07, 6.45) is 4.56. The highest BCUT2D eigenvalue weighted by Gasteiger charge is 2.65. The highest BCUT2D eigenvalue weighted by molar-refractivity contribution is 6.84. The first kappa shape index (κ1) is 31.5. The van der Waals surface area contributed by atoms with Crippen LogP contribution in [0.5, 0.6) is 0 Å². The molecule has 1 N–H and O–H groups in total. The molecule has 0 amide bonds. The zero-order valence-corrected chi connectivity index (χ0v) is 27.3. The monoisotopic (exact) mass is 518 g/mol.